The second kappa shape index (κ2) is 5.91. The lowest BCUT2D eigenvalue weighted by Gasteiger charge is -2.24. The third-order valence-electron chi connectivity index (χ3n) is 2.97. The molecule has 3 nitrogen and oxygen atoms in total. The van der Waals surface area contributed by atoms with Crippen LogP contribution in [0.5, 0.6) is 0 Å². The van der Waals surface area contributed by atoms with Gasteiger partial charge in [-0.3, -0.25) is 4.79 Å². The van der Waals surface area contributed by atoms with Gasteiger partial charge in [0.15, 0.2) is 0 Å². The first-order valence-corrected chi connectivity index (χ1v) is 5.71. The van der Waals surface area contributed by atoms with E-state index in [0.29, 0.717) is 0 Å². The van der Waals surface area contributed by atoms with Crippen molar-refractivity contribution in [3.05, 3.63) is 12.2 Å². The number of aliphatic hydroxyl groups excluding tert-OH is 1. The van der Waals surface area contributed by atoms with E-state index in [-0.39, 0.29) is 30.4 Å². The molecule has 0 heterocycles. The summed E-state index contributed by atoms with van der Waals surface area (Å²) in [5.41, 5.74) is 0. The van der Waals surface area contributed by atoms with Crippen molar-refractivity contribution in [2.45, 2.75) is 39.2 Å². The van der Waals surface area contributed by atoms with Crippen LogP contribution in [0, 0.1) is 11.8 Å². The molecule has 2 atom stereocenters. The van der Waals surface area contributed by atoms with Crippen molar-refractivity contribution in [2.24, 2.45) is 11.8 Å². The van der Waals surface area contributed by atoms with E-state index >= 15 is 0 Å². The van der Waals surface area contributed by atoms with Gasteiger partial charge < -0.3 is 10.4 Å². The highest BCUT2D eigenvalue weighted by Crippen LogP contribution is 2.18. The number of nitrogens with one attached hydrogen (secondary N) is 1. The van der Waals surface area contributed by atoms with E-state index in [2.05, 4.69) is 17.5 Å². The molecule has 15 heavy (non-hydrogen) atoms. The molecular weight excluding hydrogens is 190 g/mol. The van der Waals surface area contributed by atoms with Crippen molar-refractivity contribution in [3.8, 4) is 0 Å². The Balaban J connectivity index is 2.43. The molecule has 0 aromatic heterocycles. The first-order valence-electron chi connectivity index (χ1n) is 5.71. The van der Waals surface area contributed by atoms with E-state index in [1.165, 1.54) is 0 Å². The molecule has 86 valence electrons. The Morgan fingerprint density at radius 2 is 2.27 bits per heavy atom. The van der Waals surface area contributed by atoms with Crippen molar-refractivity contribution in [1.82, 2.24) is 5.32 Å². The number of hydrogen-bond donors (Lipinski definition) is 2. The van der Waals surface area contributed by atoms with Crippen LogP contribution in [-0.2, 0) is 4.79 Å². The lowest BCUT2D eigenvalue weighted by molar-refractivity contribution is -0.126. The first kappa shape index (κ1) is 12.2. The molecule has 0 aromatic carbocycles. The van der Waals surface area contributed by atoms with Crippen molar-refractivity contribution >= 4 is 5.91 Å². The number of hydrogen-bond acceptors (Lipinski definition) is 2. The molecule has 3 heteroatoms. The molecule has 2 N–H and O–H groups in total. The molecule has 1 aliphatic rings. The summed E-state index contributed by atoms with van der Waals surface area (Å²) in [6, 6.07) is -0.108. The topological polar surface area (TPSA) is 49.3 Å². The molecule has 0 aliphatic heterocycles. The van der Waals surface area contributed by atoms with Gasteiger partial charge in [-0.2, -0.15) is 0 Å². The molecule has 1 aliphatic carbocycles. The molecular formula is C12H21NO2. The van der Waals surface area contributed by atoms with E-state index in [1.807, 2.05) is 13.8 Å². The molecule has 1 rings (SSSR count). The van der Waals surface area contributed by atoms with Gasteiger partial charge >= 0.3 is 0 Å². The third-order valence-corrected chi connectivity index (χ3v) is 2.97. The smallest absolute Gasteiger partial charge is 0.223 e. The molecule has 0 bridgehead atoms. The molecule has 0 radical (unpaired) electrons. The highest BCUT2D eigenvalue weighted by atomic mass is 16.3. The van der Waals surface area contributed by atoms with Crippen LogP contribution < -0.4 is 5.32 Å². The van der Waals surface area contributed by atoms with Gasteiger partial charge in [0.25, 0.3) is 0 Å². The summed E-state index contributed by atoms with van der Waals surface area (Å²) in [6.07, 6.45) is 6.94. The van der Waals surface area contributed by atoms with Crippen molar-refractivity contribution < 1.29 is 9.90 Å². The fourth-order valence-corrected chi connectivity index (χ4v) is 1.76. The summed E-state index contributed by atoms with van der Waals surface area (Å²) >= 11 is 0. The minimum absolute atomic E-state index is 0.0198. The van der Waals surface area contributed by atoms with Crippen LogP contribution in [0.1, 0.15) is 33.1 Å². The fraction of sp³-hybridized carbons (Fsp3) is 0.750. The number of carbonyl (C=O) groups excluding carboxylic acids is 1. The number of carbonyl (C=O) groups is 1. The first-order chi connectivity index (χ1) is 7.15. The second-order valence-electron chi connectivity index (χ2n) is 4.52. The maximum absolute atomic E-state index is 11.8. The van der Waals surface area contributed by atoms with Gasteiger partial charge in [-0.1, -0.05) is 26.0 Å². The molecule has 0 aromatic rings. The van der Waals surface area contributed by atoms with Gasteiger partial charge in [0.2, 0.25) is 5.91 Å². The Bertz CT molecular complexity index is 236. The molecule has 2 unspecified atom stereocenters. The summed E-state index contributed by atoms with van der Waals surface area (Å²) in [5.74, 6) is 0.466. The van der Waals surface area contributed by atoms with Crippen molar-refractivity contribution in [3.63, 3.8) is 0 Å². The monoisotopic (exact) mass is 211 g/mol. The summed E-state index contributed by atoms with van der Waals surface area (Å²) in [5, 5.41) is 12.0. The standard InChI is InChI=1S/C12H21NO2/c1-9(2)11(8-14)13-12(15)10-6-4-3-5-7-10/h3-4,9-11,14H,5-8H2,1-2H3,(H,13,15). The number of amides is 1. The average molecular weight is 211 g/mol. The van der Waals surface area contributed by atoms with Gasteiger partial charge in [-0.15, -0.1) is 0 Å². The Labute approximate surface area is 91.6 Å². The van der Waals surface area contributed by atoms with Gasteiger partial charge in [0.1, 0.15) is 0 Å². The van der Waals surface area contributed by atoms with E-state index in [0.717, 1.165) is 19.3 Å². The van der Waals surface area contributed by atoms with Crippen LogP contribution >= 0.6 is 0 Å². The molecule has 1 amide bonds. The van der Waals surface area contributed by atoms with Crippen LogP contribution in [0.2, 0.25) is 0 Å². The quantitative estimate of drug-likeness (QED) is 0.692. The fourth-order valence-electron chi connectivity index (χ4n) is 1.76. The largest absolute Gasteiger partial charge is 0.394 e. The SMILES string of the molecule is CC(C)C(CO)NC(=O)C1CC=CCC1. The zero-order chi connectivity index (χ0) is 11.3. The van der Waals surface area contributed by atoms with E-state index < -0.39 is 0 Å². The number of rotatable bonds is 4. The van der Waals surface area contributed by atoms with Gasteiger partial charge in [0.05, 0.1) is 12.6 Å². The van der Waals surface area contributed by atoms with Crippen molar-refractivity contribution in [1.29, 1.82) is 0 Å². The summed E-state index contributed by atoms with van der Waals surface area (Å²) in [6.45, 7) is 4.02. The second-order valence-corrected chi connectivity index (χ2v) is 4.52. The zero-order valence-electron chi connectivity index (χ0n) is 9.57. The van der Waals surface area contributed by atoms with Crippen LogP contribution in [0.15, 0.2) is 12.2 Å². The average Bonchev–Trinajstić information content (AvgIpc) is 2.26. The van der Waals surface area contributed by atoms with Gasteiger partial charge in [0, 0.05) is 5.92 Å². The van der Waals surface area contributed by atoms with Crippen LogP contribution in [0.3, 0.4) is 0 Å². The third kappa shape index (κ3) is 3.67. The zero-order valence-corrected chi connectivity index (χ0v) is 9.57. The number of aliphatic hydroxyl groups is 1. The van der Waals surface area contributed by atoms with E-state index in [9.17, 15) is 4.79 Å². The maximum Gasteiger partial charge on any atom is 0.223 e. The van der Waals surface area contributed by atoms with E-state index in [4.69, 9.17) is 5.11 Å². The Morgan fingerprint density at radius 1 is 1.53 bits per heavy atom. The lowest BCUT2D eigenvalue weighted by atomic mass is 9.93. The maximum atomic E-state index is 11.8. The van der Waals surface area contributed by atoms with Gasteiger partial charge in [-0.05, 0) is 25.2 Å². The molecule has 0 spiro atoms. The minimum atomic E-state index is -0.108. The summed E-state index contributed by atoms with van der Waals surface area (Å²) < 4.78 is 0. The van der Waals surface area contributed by atoms with E-state index in [1.54, 1.807) is 0 Å². The molecule has 0 saturated heterocycles. The molecule has 0 saturated carbocycles. The summed E-state index contributed by atoms with van der Waals surface area (Å²) in [4.78, 5) is 11.8. The number of allylic oxidation sites excluding steroid dienone is 2. The lowest BCUT2D eigenvalue weighted by Crippen LogP contribution is -2.44. The minimum Gasteiger partial charge on any atom is -0.394 e. The predicted molar refractivity (Wildman–Crippen MR) is 60.3 cm³/mol. The van der Waals surface area contributed by atoms with Gasteiger partial charge in [-0.25, -0.2) is 0 Å². The normalized spacial score (nSPS) is 22.8. The summed E-state index contributed by atoms with van der Waals surface area (Å²) in [7, 11) is 0. The highest BCUT2D eigenvalue weighted by molar-refractivity contribution is 5.79. The Kier molecular flexibility index (Phi) is 4.82. The van der Waals surface area contributed by atoms with Crippen molar-refractivity contribution in [2.75, 3.05) is 6.61 Å². The predicted octanol–water partition coefficient (Wildman–Crippen LogP) is 1.48. The Hall–Kier alpha value is -0.830. The van der Waals surface area contributed by atoms with Crippen LogP contribution in [0.25, 0.3) is 0 Å². The Morgan fingerprint density at radius 3 is 2.73 bits per heavy atom. The van der Waals surface area contributed by atoms with Crippen LogP contribution in [0.4, 0.5) is 0 Å². The highest BCUT2D eigenvalue weighted by Gasteiger charge is 2.22. The van der Waals surface area contributed by atoms with Crippen LogP contribution in [-0.4, -0.2) is 23.7 Å². The molecule has 0 fully saturated rings.